The van der Waals surface area contributed by atoms with Crippen molar-refractivity contribution in [2.75, 3.05) is 13.2 Å². The molecule has 3 aromatic rings. The van der Waals surface area contributed by atoms with Crippen LogP contribution in [0.5, 0.6) is 0 Å². The number of nitrogens with one attached hydrogen (secondary N) is 3. The van der Waals surface area contributed by atoms with Crippen molar-refractivity contribution < 1.29 is 19.4 Å². The van der Waals surface area contributed by atoms with E-state index in [1.165, 1.54) is 22.3 Å². The lowest BCUT2D eigenvalue weighted by Gasteiger charge is -2.40. The Kier molecular flexibility index (Phi) is 12.3. The molecule has 0 bridgehead atoms. The van der Waals surface area contributed by atoms with Crippen LogP contribution in [0.15, 0.2) is 78.9 Å². The molecule has 1 aliphatic rings. The zero-order chi connectivity index (χ0) is 32.6. The second-order valence-electron chi connectivity index (χ2n) is 13.1. The third-order valence-corrected chi connectivity index (χ3v) is 8.30. The second kappa shape index (κ2) is 15.9. The fraction of sp³-hybridized carbons (Fsp3) is 0.486. The number of aliphatic carboxylic acids is 1. The molecule has 4 rings (SSSR count). The van der Waals surface area contributed by atoms with Crippen LogP contribution in [-0.2, 0) is 20.8 Å². The third-order valence-electron chi connectivity index (χ3n) is 8.30. The number of hydrogen-bond acceptors (Lipinski definition) is 7. The van der Waals surface area contributed by atoms with E-state index in [1.54, 1.807) is 0 Å². The lowest BCUT2D eigenvalue weighted by molar-refractivity contribution is -0.137. The van der Waals surface area contributed by atoms with Crippen molar-refractivity contribution in [3.8, 4) is 11.1 Å². The molecular weight excluding hydrogens is 564 g/mol. The molecule has 0 saturated carbocycles. The molecule has 0 radical (unpaired) electrons. The molecule has 244 valence electrons. The minimum absolute atomic E-state index is 0.0600. The SMILES string of the molecule is CC(NC(C(C)NN(Cc1ccccc1)C(C)NCCC(=O)O)[C@@H](C)OC(C)(C)C)OCC1c2ccccc2-c2ccccc21. The van der Waals surface area contributed by atoms with Crippen molar-refractivity contribution in [2.24, 2.45) is 0 Å². The molecule has 5 atom stereocenters. The largest absolute Gasteiger partial charge is 0.481 e. The molecule has 0 heterocycles. The van der Waals surface area contributed by atoms with Gasteiger partial charge in [-0.15, -0.1) is 0 Å². The highest BCUT2D eigenvalue weighted by Gasteiger charge is 2.32. The van der Waals surface area contributed by atoms with Crippen LogP contribution in [0.3, 0.4) is 0 Å². The van der Waals surface area contributed by atoms with Crippen molar-refractivity contribution >= 4 is 5.97 Å². The average molecular weight is 617 g/mol. The van der Waals surface area contributed by atoms with Crippen LogP contribution in [0.25, 0.3) is 11.1 Å². The van der Waals surface area contributed by atoms with Crippen LogP contribution in [0.2, 0.25) is 0 Å². The van der Waals surface area contributed by atoms with E-state index in [2.05, 4.69) is 123 Å². The number of nitrogens with zero attached hydrogens (tertiary/aromatic N) is 1. The number of hydrogen-bond donors (Lipinski definition) is 4. The van der Waals surface area contributed by atoms with Crippen molar-refractivity contribution in [1.82, 2.24) is 21.1 Å². The van der Waals surface area contributed by atoms with Gasteiger partial charge in [0.25, 0.3) is 0 Å². The highest BCUT2D eigenvalue weighted by atomic mass is 16.5. The number of ether oxygens (including phenoxy) is 2. The quantitative estimate of drug-likeness (QED) is 0.106. The van der Waals surface area contributed by atoms with Crippen LogP contribution in [0, 0.1) is 0 Å². The molecule has 0 aromatic heterocycles. The molecule has 0 aliphatic heterocycles. The second-order valence-corrected chi connectivity index (χ2v) is 13.1. The maximum Gasteiger partial charge on any atom is 0.304 e. The first-order chi connectivity index (χ1) is 21.4. The Bertz CT molecular complexity index is 1320. The Balaban J connectivity index is 1.48. The Morgan fingerprint density at radius 2 is 1.47 bits per heavy atom. The van der Waals surface area contributed by atoms with Gasteiger partial charge in [-0.1, -0.05) is 78.9 Å². The molecule has 0 spiro atoms. The molecule has 4 N–H and O–H groups in total. The molecule has 1 aliphatic carbocycles. The molecule has 0 fully saturated rings. The van der Waals surface area contributed by atoms with E-state index in [0.717, 1.165) is 5.56 Å². The maximum absolute atomic E-state index is 11.2. The number of hydrazine groups is 1. The number of carboxylic acid groups (broad SMARTS) is 1. The molecule has 3 aromatic carbocycles. The fourth-order valence-electron chi connectivity index (χ4n) is 6.23. The van der Waals surface area contributed by atoms with Gasteiger partial charge in [0.1, 0.15) is 6.23 Å². The molecule has 45 heavy (non-hydrogen) atoms. The van der Waals surface area contributed by atoms with E-state index < -0.39 is 5.97 Å². The highest BCUT2D eigenvalue weighted by Crippen LogP contribution is 2.44. The van der Waals surface area contributed by atoms with Gasteiger partial charge < -0.3 is 19.9 Å². The summed E-state index contributed by atoms with van der Waals surface area (Å²) in [6.45, 7) is 16.2. The normalized spacial score (nSPS) is 16.5. The van der Waals surface area contributed by atoms with Crippen molar-refractivity contribution in [3.05, 3.63) is 95.6 Å². The molecule has 4 unspecified atom stereocenters. The molecule has 8 heteroatoms. The molecule has 0 amide bonds. The fourth-order valence-corrected chi connectivity index (χ4v) is 6.23. The summed E-state index contributed by atoms with van der Waals surface area (Å²) in [6.07, 6.45) is -0.438. The standard InChI is InChI=1S/C37H52N4O4/c1-25(40-41(23-29-15-9-8-10-16-29)27(3)38-22-21-35(42)43)36(26(2)45-37(5,6)7)39-28(4)44-24-34-32-19-13-11-17-30(32)31-18-12-14-20-33(31)34/h8-20,25-28,34,36,38-40H,21-24H2,1-7H3,(H,42,43)/t25?,26-,27?,28?,36?/m1/s1. The lowest BCUT2D eigenvalue weighted by atomic mass is 9.98. The summed E-state index contributed by atoms with van der Waals surface area (Å²) >= 11 is 0. The van der Waals surface area contributed by atoms with E-state index in [4.69, 9.17) is 14.6 Å². The first-order valence-electron chi connectivity index (χ1n) is 16.2. The third kappa shape index (κ3) is 9.94. The zero-order valence-electron chi connectivity index (χ0n) is 27.9. The predicted octanol–water partition coefficient (Wildman–Crippen LogP) is 6.13. The smallest absolute Gasteiger partial charge is 0.304 e. The van der Waals surface area contributed by atoms with Gasteiger partial charge in [-0.05, 0) is 76.3 Å². The monoisotopic (exact) mass is 616 g/mol. The number of benzene rings is 3. The van der Waals surface area contributed by atoms with Crippen LogP contribution < -0.4 is 16.1 Å². The van der Waals surface area contributed by atoms with Crippen LogP contribution >= 0.6 is 0 Å². The number of carboxylic acids is 1. The average Bonchev–Trinajstić information content (AvgIpc) is 3.31. The van der Waals surface area contributed by atoms with Crippen LogP contribution in [0.4, 0.5) is 0 Å². The zero-order valence-corrected chi connectivity index (χ0v) is 27.9. The topological polar surface area (TPSA) is 95.1 Å². The van der Waals surface area contributed by atoms with Gasteiger partial charge in [-0.25, -0.2) is 10.4 Å². The Morgan fingerprint density at radius 1 is 0.889 bits per heavy atom. The predicted molar refractivity (Wildman–Crippen MR) is 181 cm³/mol. The Labute approximate surface area is 269 Å². The first-order valence-corrected chi connectivity index (χ1v) is 16.2. The van der Waals surface area contributed by atoms with Gasteiger partial charge in [-0.3, -0.25) is 10.1 Å². The minimum atomic E-state index is -0.818. The van der Waals surface area contributed by atoms with Gasteiger partial charge in [-0.2, -0.15) is 0 Å². The lowest BCUT2D eigenvalue weighted by Crippen LogP contribution is -2.62. The van der Waals surface area contributed by atoms with Crippen molar-refractivity contribution in [3.63, 3.8) is 0 Å². The van der Waals surface area contributed by atoms with Crippen LogP contribution in [-0.4, -0.2) is 65.4 Å². The van der Waals surface area contributed by atoms with Gasteiger partial charge in [0.15, 0.2) is 0 Å². The number of carbonyl (C=O) groups is 1. The molecular formula is C37H52N4O4. The summed E-state index contributed by atoms with van der Waals surface area (Å²) in [4.78, 5) is 11.2. The van der Waals surface area contributed by atoms with Gasteiger partial charge >= 0.3 is 5.97 Å². The van der Waals surface area contributed by atoms with Crippen molar-refractivity contribution in [1.29, 1.82) is 0 Å². The van der Waals surface area contributed by atoms with Crippen molar-refractivity contribution in [2.45, 2.75) is 104 Å². The summed E-state index contributed by atoms with van der Waals surface area (Å²) in [5.41, 5.74) is 9.74. The molecule has 8 nitrogen and oxygen atoms in total. The van der Waals surface area contributed by atoms with E-state index in [0.29, 0.717) is 19.7 Å². The molecule has 0 saturated heterocycles. The highest BCUT2D eigenvalue weighted by molar-refractivity contribution is 5.78. The Morgan fingerprint density at radius 3 is 2.04 bits per heavy atom. The Hall–Kier alpha value is -3.11. The van der Waals surface area contributed by atoms with Gasteiger partial charge in [0.2, 0.25) is 0 Å². The maximum atomic E-state index is 11.2. The first kappa shape index (κ1) is 34.8. The van der Waals surface area contributed by atoms with E-state index in [1.807, 2.05) is 25.1 Å². The summed E-state index contributed by atoms with van der Waals surface area (Å²) in [7, 11) is 0. The summed E-state index contributed by atoms with van der Waals surface area (Å²) in [5, 5.41) is 18.4. The van der Waals surface area contributed by atoms with E-state index >= 15 is 0 Å². The number of rotatable bonds is 17. The minimum Gasteiger partial charge on any atom is -0.481 e. The number of fused-ring (bicyclic) bond motifs is 3. The van der Waals surface area contributed by atoms with Gasteiger partial charge in [0, 0.05) is 25.0 Å². The summed E-state index contributed by atoms with van der Waals surface area (Å²) in [6, 6.07) is 27.3. The van der Waals surface area contributed by atoms with Crippen LogP contribution in [0.1, 0.15) is 77.5 Å². The van der Waals surface area contributed by atoms with E-state index in [9.17, 15) is 4.79 Å². The van der Waals surface area contributed by atoms with Gasteiger partial charge in [0.05, 0.1) is 36.9 Å². The van der Waals surface area contributed by atoms with E-state index in [-0.39, 0.29) is 48.5 Å². The summed E-state index contributed by atoms with van der Waals surface area (Å²) in [5.74, 6) is -0.639. The summed E-state index contributed by atoms with van der Waals surface area (Å²) < 4.78 is 13.0.